The Bertz CT molecular complexity index is 1770. The summed E-state index contributed by atoms with van der Waals surface area (Å²) in [7, 11) is -6.12. The van der Waals surface area contributed by atoms with Crippen LogP contribution >= 0.6 is 0 Å². The maximum absolute atomic E-state index is 10.7. The third-order valence-electron chi connectivity index (χ3n) is 9.33. The van der Waals surface area contributed by atoms with Crippen LogP contribution in [0.15, 0.2) is 0 Å². The Balaban J connectivity index is 0.000000394. The molecule has 0 amide bonds. The van der Waals surface area contributed by atoms with E-state index in [0.29, 0.717) is 19.5 Å². The van der Waals surface area contributed by atoms with Crippen LogP contribution in [0.5, 0.6) is 0 Å². The highest BCUT2D eigenvalue weighted by atomic mass is 32.2. The van der Waals surface area contributed by atoms with Gasteiger partial charge in [-0.1, -0.05) is 0 Å². The Hall–Kier alpha value is -4.50. The fraction of sp³-hybridized carbons (Fsp3) is 0.742. The van der Waals surface area contributed by atoms with Crippen molar-refractivity contribution in [3.63, 3.8) is 0 Å². The zero-order valence-electron chi connectivity index (χ0n) is 36.6. The number of carbonyl (C=O) groups excluding carboxylic acids is 8. The van der Waals surface area contributed by atoms with Gasteiger partial charge in [-0.2, -0.15) is 16.8 Å². The molecule has 0 aromatic carbocycles. The van der Waals surface area contributed by atoms with Crippen molar-refractivity contribution in [1.82, 2.24) is 0 Å². The number of nitrogens with one attached hydrogen (secondary N) is 1. The molecule has 0 aromatic rings. The van der Waals surface area contributed by atoms with Gasteiger partial charge in [-0.15, -0.1) is 0 Å². The van der Waals surface area contributed by atoms with Crippen molar-refractivity contribution in [1.29, 1.82) is 0 Å². The minimum absolute atomic E-state index is 0.315. The van der Waals surface area contributed by atoms with Crippen LogP contribution < -0.4 is 4.90 Å². The van der Waals surface area contributed by atoms with Crippen molar-refractivity contribution >= 4 is 92.0 Å². The van der Waals surface area contributed by atoms with Crippen molar-refractivity contribution < 1.29 is 128 Å². The van der Waals surface area contributed by atoms with Crippen molar-refractivity contribution in [2.45, 2.75) is 46.5 Å². The number of nitrogens with zero attached hydrogens (tertiary/aromatic N) is 2. The standard InChI is InChI=1S/2C8H18NO3S.C6H15N.2C4BO8.CH4O3S/c2*1-9(5-3-4-6-9)7-8-12-13(2,10)11;1-4-7(5-2)6-3;2*6-1-2(7)11-5(10-1)12-3(8)4(9)13-5;1-5(2,3)4/h2*3-8H2,1-2H3;4-6H2,1-3H3;;;1H3,(H,2,3,4)/q2*+1;;2*-1;. The Morgan fingerprint density at radius 3 is 0.812 bits per heavy atom. The van der Waals surface area contributed by atoms with Crippen molar-refractivity contribution in [3.8, 4) is 0 Å². The second-order valence-electron chi connectivity index (χ2n) is 15.0. The predicted octanol–water partition coefficient (Wildman–Crippen LogP) is -5.26. The zero-order valence-corrected chi connectivity index (χ0v) is 39.0. The van der Waals surface area contributed by atoms with Crippen LogP contribution in [0.4, 0.5) is 0 Å². The van der Waals surface area contributed by atoms with Crippen LogP contribution in [0.25, 0.3) is 0 Å². The molecule has 0 aromatic heterocycles. The summed E-state index contributed by atoms with van der Waals surface area (Å²) < 4.78 is 114. The number of carbonyl (C=O) groups is 8. The maximum Gasteiger partial charge on any atom is 0.786 e. The van der Waals surface area contributed by atoms with Gasteiger partial charge in [-0.25, -0.2) is 46.8 Å². The van der Waals surface area contributed by atoms with Gasteiger partial charge in [-0.3, -0.25) is 8.37 Å². The van der Waals surface area contributed by atoms with Gasteiger partial charge in [0.1, 0.15) is 26.3 Å². The number of rotatable bonds is 11. The number of likely N-dealkylation sites (N-methyl/N-ethyl adjacent to an activating group) is 2. The van der Waals surface area contributed by atoms with E-state index < -0.39 is 92.0 Å². The summed E-state index contributed by atoms with van der Waals surface area (Å²) in [5.41, 5.74) is 0. The van der Waals surface area contributed by atoms with E-state index in [4.69, 9.17) is 21.3 Å². The average Bonchev–Trinajstić information content (AvgIpc) is 3.98. The summed E-state index contributed by atoms with van der Waals surface area (Å²) in [4.78, 5) is 85.6. The first-order valence-electron chi connectivity index (χ1n) is 19.4. The molecule has 0 unspecified atom stereocenters. The van der Waals surface area contributed by atoms with E-state index in [2.05, 4.69) is 72.1 Å². The second-order valence-corrected chi connectivity index (χ2v) is 19.7. The lowest BCUT2D eigenvalue weighted by molar-refractivity contribution is -0.897. The smallest absolute Gasteiger partial charge is 0.748 e. The van der Waals surface area contributed by atoms with Crippen LogP contribution in [-0.4, -0.2) is 205 Å². The molecule has 2 spiro atoms. The van der Waals surface area contributed by atoms with Gasteiger partial charge >= 0.3 is 61.7 Å². The largest absolute Gasteiger partial charge is 0.786 e. The van der Waals surface area contributed by atoms with Crippen LogP contribution in [0, 0.1) is 0 Å². The van der Waals surface area contributed by atoms with E-state index >= 15 is 0 Å². The molecule has 6 heterocycles. The van der Waals surface area contributed by atoms with Gasteiger partial charge in [-0.05, 0) is 20.8 Å². The summed E-state index contributed by atoms with van der Waals surface area (Å²) in [6.45, 7) is 10.7. The summed E-state index contributed by atoms with van der Waals surface area (Å²) >= 11 is 0. The number of likely N-dealkylation sites (tertiary alicyclic amines) is 2. The highest BCUT2D eigenvalue weighted by Gasteiger charge is 2.61. The predicted molar refractivity (Wildman–Crippen MR) is 210 cm³/mol. The van der Waals surface area contributed by atoms with Crippen molar-refractivity contribution in [3.05, 3.63) is 0 Å². The normalized spacial score (nSPS) is 20.7. The summed E-state index contributed by atoms with van der Waals surface area (Å²) in [5.74, 6) is -11.0. The lowest BCUT2D eigenvalue weighted by atomic mass is 10.1. The minimum atomic E-state index is -3.92. The Kier molecular flexibility index (Phi) is 21.7. The zero-order chi connectivity index (χ0) is 49.4. The molecule has 0 atom stereocenters. The molecule has 0 radical (unpaired) electrons. The molecule has 6 rings (SSSR count). The molecule has 6 saturated heterocycles. The van der Waals surface area contributed by atoms with Crippen LogP contribution in [0.1, 0.15) is 46.5 Å². The molecule has 1 N–H and O–H groups in total. The molecule has 0 bridgehead atoms. The SMILES string of the molecule is CC[NH+](CC)CC.CS(=O)(=O)[O-].C[N+]1(CCOS(C)(=O)=O)CCCC1.C[N+]1(CCOS(C)(=O)=O)CCCC1.O=C1O[B-]2(OC1=O)OC(=O)C(=O)O2.O=C1O[B-]2(OC1=O)OC(=O)C(=O)O2. The molecule has 6 aliphatic heterocycles. The quantitative estimate of drug-likeness (QED) is 0.0664. The van der Waals surface area contributed by atoms with E-state index in [9.17, 15) is 55.2 Å². The molecule has 368 valence electrons. The van der Waals surface area contributed by atoms with Crippen LogP contribution in [0.2, 0.25) is 0 Å². The summed E-state index contributed by atoms with van der Waals surface area (Å²) in [5, 5.41) is 0. The number of hydrogen-bond acceptors (Lipinski definition) is 25. The summed E-state index contributed by atoms with van der Waals surface area (Å²) in [6, 6.07) is 0. The monoisotopic (exact) mass is 987 g/mol. The lowest BCUT2D eigenvalue weighted by Crippen LogP contribution is -3.11. The van der Waals surface area contributed by atoms with E-state index in [1.807, 2.05) is 0 Å². The Morgan fingerprint density at radius 2 is 0.672 bits per heavy atom. The molecule has 33 heteroatoms. The van der Waals surface area contributed by atoms with Crippen molar-refractivity contribution in [2.24, 2.45) is 0 Å². The maximum atomic E-state index is 10.7. The number of quaternary nitrogens is 3. The molecule has 0 saturated carbocycles. The molecular formula is C31H55B2N3O25S3. The fourth-order valence-corrected chi connectivity index (χ4v) is 6.69. The van der Waals surface area contributed by atoms with Crippen molar-refractivity contribution in [2.75, 3.05) is 105 Å². The Morgan fingerprint density at radius 1 is 0.484 bits per heavy atom. The van der Waals surface area contributed by atoms with E-state index in [1.165, 1.54) is 45.3 Å². The molecule has 28 nitrogen and oxygen atoms in total. The molecular weight excluding hydrogens is 932 g/mol. The van der Waals surface area contributed by atoms with Crippen LogP contribution in [-0.2, 0) is 114 Å². The first-order chi connectivity index (χ1) is 29.2. The third-order valence-corrected chi connectivity index (χ3v) is 10.5. The molecule has 0 aliphatic carbocycles. The van der Waals surface area contributed by atoms with E-state index in [0.717, 1.165) is 60.7 Å². The number of hydrogen-bond donors (Lipinski definition) is 1. The lowest BCUT2D eigenvalue weighted by Gasteiger charge is -2.28. The highest BCUT2D eigenvalue weighted by Crippen LogP contribution is 2.25. The van der Waals surface area contributed by atoms with Gasteiger partial charge in [0, 0.05) is 31.9 Å². The first-order valence-corrected chi connectivity index (χ1v) is 24.9. The van der Waals surface area contributed by atoms with Gasteiger partial charge in [0.25, 0.3) is 20.2 Å². The average molecular weight is 988 g/mol. The molecule has 6 aliphatic rings. The van der Waals surface area contributed by atoms with Gasteiger partial charge in [0.15, 0.2) is 0 Å². The van der Waals surface area contributed by atoms with Crippen LogP contribution in [0.3, 0.4) is 0 Å². The minimum Gasteiger partial charge on any atom is -0.748 e. The topological polar surface area (TPSA) is 359 Å². The van der Waals surface area contributed by atoms with Gasteiger partial charge < -0.3 is 55.7 Å². The van der Waals surface area contributed by atoms with E-state index in [-0.39, 0.29) is 0 Å². The highest BCUT2D eigenvalue weighted by molar-refractivity contribution is 7.86. The molecule has 64 heavy (non-hydrogen) atoms. The van der Waals surface area contributed by atoms with E-state index in [1.54, 1.807) is 4.90 Å². The second kappa shape index (κ2) is 24.1. The Labute approximate surface area is 370 Å². The molecule has 6 fully saturated rings. The third kappa shape index (κ3) is 21.9. The first kappa shape index (κ1) is 57.5. The fourth-order valence-electron chi connectivity index (χ4n) is 5.94. The summed E-state index contributed by atoms with van der Waals surface area (Å²) in [6.07, 6.45) is 7.77. The van der Waals surface area contributed by atoms with Gasteiger partial charge in [0.05, 0.1) is 82.5 Å². The van der Waals surface area contributed by atoms with Gasteiger partial charge in [0.2, 0.25) is 0 Å².